The van der Waals surface area contributed by atoms with Gasteiger partial charge < -0.3 is 20.1 Å². The molecule has 2 amide bonds. The zero-order valence-corrected chi connectivity index (χ0v) is 15.3. The number of amides is 2. The average molecular weight is 358 g/mol. The molecule has 6 nitrogen and oxygen atoms in total. The van der Waals surface area contributed by atoms with Crippen molar-refractivity contribution in [3.05, 3.63) is 35.6 Å². The second-order valence-corrected chi connectivity index (χ2v) is 6.79. The van der Waals surface area contributed by atoms with Gasteiger partial charge >= 0.3 is 0 Å². The predicted octanol–water partition coefficient (Wildman–Crippen LogP) is 2.25. The molecule has 1 saturated heterocycles. The maximum absolute atomic E-state index is 12.5. The lowest BCUT2D eigenvalue weighted by Gasteiger charge is -2.39. The summed E-state index contributed by atoms with van der Waals surface area (Å²) in [5.74, 6) is 0.757. The normalized spacial score (nSPS) is 26.5. The van der Waals surface area contributed by atoms with E-state index in [2.05, 4.69) is 10.6 Å². The molecule has 1 aliphatic heterocycles. The van der Waals surface area contributed by atoms with Crippen molar-refractivity contribution in [3.8, 4) is 5.75 Å². The van der Waals surface area contributed by atoms with Crippen LogP contribution in [0.15, 0.2) is 30.0 Å². The molecule has 140 valence electrons. The van der Waals surface area contributed by atoms with Crippen molar-refractivity contribution in [2.24, 2.45) is 5.92 Å². The first kappa shape index (κ1) is 18.3. The Hall–Kier alpha value is -2.50. The van der Waals surface area contributed by atoms with Gasteiger partial charge in [-0.15, -0.1) is 0 Å². The van der Waals surface area contributed by atoms with Gasteiger partial charge in [0.25, 0.3) is 5.91 Å². The number of ether oxygens (including phenoxy) is 2. The lowest BCUT2D eigenvalue weighted by atomic mass is 9.82. The van der Waals surface area contributed by atoms with E-state index in [1.165, 1.54) is 0 Å². The number of hydrogen-bond donors (Lipinski definition) is 2. The molecule has 6 heteroatoms. The molecule has 1 saturated carbocycles. The van der Waals surface area contributed by atoms with E-state index in [0.29, 0.717) is 24.5 Å². The first-order valence-electron chi connectivity index (χ1n) is 9.22. The molecule has 3 atom stereocenters. The molecule has 0 bridgehead atoms. The molecule has 2 N–H and O–H groups in total. The van der Waals surface area contributed by atoms with Crippen LogP contribution >= 0.6 is 0 Å². The van der Waals surface area contributed by atoms with Crippen LogP contribution in [-0.4, -0.2) is 37.6 Å². The Kier molecular flexibility index (Phi) is 5.81. The lowest BCUT2D eigenvalue weighted by Crippen LogP contribution is -2.54. The van der Waals surface area contributed by atoms with Gasteiger partial charge in [-0.25, -0.2) is 0 Å². The molecule has 26 heavy (non-hydrogen) atoms. The molecule has 3 rings (SSSR count). The number of nitrogens with one attached hydrogen (secondary N) is 2. The maximum atomic E-state index is 12.5. The van der Waals surface area contributed by atoms with Crippen molar-refractivity contribution in [2.45, 2.75) is 44.8 Å². The summed E-state index contributed by atoms with van der Waals surface area (Å²) in [5, 5.41) is 5.96. The van der Waals surface area contributed by atoms with Crippen LogP contribution in [-0.2, 0) is 14.3 Å². The van der Waals surface area contributed by atoms with Gasteiger partial charge in [0, 0.05) is 18.0 Å². The van der Waals surface area contributed by atoms with Gasteiger partial charge in [-0.3, -0.25) is 9.59 Å². The van der Waals surface area contributed by atoms with E-state index in [1.54, 1.807) is 13.2 Å². The van der Waals surface area contributed by atoms with E-state index < -0.39 is 0 Å². The third-order valence-electron chi connectivity index (χ3n) is 4.95. The number of hydrogen-bond acceptors (Lipinski definition) is 4. The highest BCUT2D eigenvalue weighted by molar-refractivity contribution is 5.97. The third-order valence-corrected chi connectivity index (χ3v) is 4.95. The fourth-order valence-electron chi connectivity index (χ4n) is 3.55. The summed E-state index contributed by atoms with van der Waals surface area (Å²) in [6.07, 6.45) is 4.68. The summed E-state index contributed by atoms with van der Waals surface area (Å²) >= 11 is 0. The van der Waals surface area contributed by atoms with Crippen molar-refractivity contribution < 1.29 is 19.1 Å². The van der Waals surface area contributed by atoms with E-state index in [4.69, 9.17) is 9.47 Å². The van der Waals surface area contributed by atoms with E-state index in [1.807, 2.05) is 31.2 Å². The number of fused-ring (bicyclic) bond motifs is 1. The van der Waals surface area contributed by atoms with Crippen LogP contribution in [0.4, 0.5) is 0 Å². The first-order chi connectivity index (χ1) is 12.6. The van der Waals surface area contributed by atoms with Crippen LogP contribution < -0.4 is 15.4 Å². The minimum Gasteiger partial charge on any atom is -0.496 e. The number of carbonyl (C=O) groups excluding carboxylic acids is 2. The maximum Gasteiger partial charge on any atom is 0.286 e. The van der Waals surface area contributed by atoms with Crippen LogP contribution in [0.5, 0.6) is 5.75 Å². The number of benzene rings is 1. The summed E-state index contributed by atoms with van der Waals surface area (Å²) in [6, 6.07) is 7.37. The first-order valence-corrected chi connectivity index (χ1v) is 9.22. The van der Waals surface area contributed by atoms with Gasteiger partial charge in [0.1, 0.15) is 11.9 Å². The summed E-state index contributed by atoms with van der Waals surface area (Å²) in [6.45, 7) is 2.72. The van der Waals surface area contributed by atoms with Crippen LogP contribution in [0.3, 0.4) is 0 Å². The highest BCUT2D eigenvalue weighted by atomic mass is 16.5. The molecule has 1 aliphatic carbocycles. The molecule has 0 radical (unpaired) electrons. The van der Waals surface area contributed by atoms with E-state index in [9.17, 15) is 9.59 Å². The second kappa shape index (κ2) is 8.25. The lowest BCUT2D eigenvalue weighted by molar-refractivity contribution is -0.134. The molecule has 2 aliphatic rings. The van der Waals surface area contributed by atoms with Crippen molar-refractivity contribution in [1.29, 1.82) is 0 Å². The van der Waals surface area contributed by atoms with Gasteiger partial charge in [0.05, 0.1) is 13.2 Å². The smallest absolute Gasteiger partial charge is 0.286 e. The van der Waals surface area contributed by atoms with Gasteiger partial charge in [-0.2, -0.15) is 0 Å². The fourth-order valence-corrected chi connectivity index (χ4v) is 3.55. The largest absolute Gasteiger partial charge is 0.496 e. The zero-order chi connectivity index (χ0) is 18.5. The predicted molar refractivity (Wildman–Crippen MR) is 98.4 cm³/mol. The minimum absolute atomic E-state index is 0.0635. The average Bonchev–Trinajstić information content (AvgIpc) is 2.66. The van der Waals surface area contributed by atoms with Crippen LogP contribution in [0, 0.1) is 5.92 Å². The van der Waals surface area contributed by atoms with Gasteiger partial charge in [0.2, 0.25) is 5.91 Å². The highest BCUT2D eigenvalue weighted by Gasteiger charge is 2.40. The van der Waals surface area contributed by atoms with Crippen molar-refractivity contribution in [1.82, 2.24) is 10.6 Å². The number of rotatable bonds is 5. The Morgan fingerprint density at radius 3 is 2.96 bits per heavy atom. The number of morpholine rings is 1. The van der Waals surface area contributed by atoms with Gasteiger partial charge in [-0.1, -0.05) is 25.1 Å². The van der Waals surface area contributed by atoms with E-state index in [-0.39, 0.29) is 29.9 Å². The third kappa shape index (κ3) is 4.00. The Balaban J connectivity index is 1.68. The van der Waals surface area contributed by atoms with E-state index >= 15 is 0 Å². The molecule has 1 aromatic rings. The summed E-state index contributed by atoms with van der Waals surface area (Å²) < 4.78 is 11.3. The van der Waals surface area contributed by atoms with E-state index in [0.717, 1.165) is 24.8 Å². The standard InChI is InChI=1S/C20H26N2O4/c1-3-10-21-19(23)14-8-9-17-15(11-14)22-20(24)18(26-17)12-13-6-4-5-7-16(13)25-2/h4-7,12,14-15,17H,3,8-11H2,1-2H3,(H,21,23)(H,22,24)/b18-12+. The molecular formula is C20H26N2O4. The summed E-state index contributed by atoms with van der Waals surface area (Å²) in [4.78, 5) is 24.7. The number of methoxy groups -OCH3 is 1. The van der Waals surface area contributed by atoms with Crippen molar-refractivity contribution >= 4 is 17.9 Å². The topological polar surface area (TPSA) is 76.7 Å². The zero-order valence-electron chi connectivity index (χ0n) is 15.3. The van der Waals surface area contributed by atoms with Crippen LogP contribution in [0.25, 0.3) is 6.08 Å². The van der Waals surface area contributed by atoms with Crippen LogP contribution in [0.1, 0.15) is 38.2 Å². The Morgan fingerprint density at radius 2 is 2.19 bits per heavy atom. The Labute approximate surface area is 153 Å². The number of carbonyl (C=O) groups is 2. The van der Waals surface area contributed by atoms with Crippen LogP contribution in [0.2, 0.25) is 0 Å². The SMILES string of the molecule is CCCNC(=O)C1CCC2O/C(=C/c3ccccc3OC)C(=O)NC2C1. The molecule has 0 spiro atoms. The molecule has 2 fully saturated rings. The molecule has 1 heterocycles. The summed E-state index contributed by atoms with van der Waals surface area (Å²) in [5.41, 5.74) is 0.797. The summed E-state index contributed by atoms with van der Waals surface area (Å²) in [7, 11) is 1.60. The quantitative estimate of drug-likeness (QED) is 0.792. The second-order valence-electron chi connectivity index (χ2n) is 6.79. The highest BCUT2D eigenvalue weighted by Crippen LogP contribution is 2.32. The molecule has 0 aromatic heterocycles. The number of para-hydroxylation sites is 1. The van der Waals surface area contributed by atoms with Crippen molar-refractivity contribution in [3.63, 3.8) is 0 Å². The molecular weight excluding hydrogens is 332 g/mol. The monoisotopic (exact) mass is 358 g/mol. The minimum atomic E-state index is -0.244. The molecule has 1 aromatic carbocycles. The van der Waals surface area contributed by atoms with Crippen molar-refractivity contribution in [2.75, 3.05) is 13.7 Å². The Morgan fingerprint density at radius 1 is 1.38 bits per heavy atom. The van der Waals surface area contributed by atoms with Gasteiger partial charge in [-0.05, 0) is 37.8 Å². The fraction of sp³-hybridized carbons (Fsp3) is 0.500. The Bertz CT molecular complexity index is 701. The van der Waals surface area contributed by atoms with Gasteiger partial charge in [0.15, 0.2) is 5.76 Å². The molecule has 3 unspecified atom stereocenters.